The fourth-order valence-corrected chi connectivity index (χ4v) is 4.80. The van der Waals surface area contributed by atoms with Crippen molar-refractivity contribution in [2.45, 2.75) is 38.1 Å². The Balaban J connectivity index is 1.30. The summed E-state index contributed by atoms with van der Waals surface area (Å²) in [6.07, 6.45) is 5.39. The Labute approximate surface area is 167 Å². The van der Waals surface area contributed by atoms with Crippen molar-refractivity contribution in [3.8, 4) is 0 Å². The summed E-state index contributed by atoms with van der Waals surface area (Å²) in [6.45, 7) is 3.48. The van der Waals surface area contributed by atoms with E-state index in [1.165, 1.54) is 30.6 Å². The maximum absolute atomic E-state index is 12.6. The molecular weight excluding hydrogens is 410 g/mol. The van der Waals surface area contributed by atoms with E-state index in [0.29, 0.717) is 17.2 Å². The van der Waals surface area contributed by atoms with Crippen LogP contribution >= 0.6 is 15.9 Å². The zero-order valence-electron chi connectivity index (χ0n) is 15.3. The number of carbonyl (C=O) groups excluding carboxylic acids is 3. The minimum atomic E-state index is -0.310. The van der Waals surface area contributed by atoms with Gasteiger partial charge in [-0.2, -0.15) is 0 Å². The predicted molar refractivity (Wildman–Crippen MR) is 105 cm³/mol. The van der Waals surface area contributed by atoms with E-state index >= 15 is 0 Å². The van der Waals surface area contributed by atoms with Gasteiger partial charge < -0.3 is 4.90 Å². The van der Waals surface area contributed by atoms with Gasteiger partial charge in [0.1, 0.15) is 0 Å². The molecule has 3 amide bonds. The molecule has 2 heterocycles. The number of piperazine rings is 1. The van der Waals surface area contributed by atoms with Gasteiger partial charge in [0.15, 0.2) is 0 Å². The lowest BCUT2D eigenvalue weighted by molar-refractivity contribution is -0.133. The topological polar surface area (TPSA) is 60.9 Å². The van der Waals surface area contributed by atoms with Gasteiger partial charge in [-0.15, -0.1) is 0 Å². The Kier molecular flexibility index (Phi) is 5.32. The van der Waals surface area contributed by atoms with Gasteiger partial charge in [0.05, 0.1) is 11.1 Å². The van der Waals surface area contributed by atoms with Gasteiger partial charge in [-0.3, -0.25) is 24.2 Å². The summed E-state index contributed by atoms with van der Waals surface area (Å²) in [5.74, 6) is -0.588. The van der Waals surface area contributed by atoms with Crippen molar-refractivity contribution in [1.29, 1.82) is 0 Å². The second kappa shape index (κ2) is 7.72. The van der Waals surface area contributed by atoms with E-state index in [9.17, 15) is 14.4 Å². The van der Waals surface area contributed by atoms with Gasteiger partial charge >= 0.3 is 0 Å². The molecule has 0 bridgehead atoms. The highest BCUT2D eigenvalue weighted by molar-refractivity contribution is 9.10. The molecule has 1 aliphatic carbocycles. The first kappa shape index (κ1) is 18.6. The largest absolute Gasteiger partial charge is 0.340 e. The average Bonchev–Trinajstić information content (AvgIpc) is 3.29. The number of hydrogen-bond donors (Lipinski definition) is 0. The number of halogens is 1. The Morgan fingerprint density at radius 1 is 1.00 bits per heavy atom. The average molecular weight is 434 g/mol. The van der Waals surface area contributed by atoms with Crippen molar-refractivity contribution in [2.75, 3.05) is 32.7 Å². The van der Waals surface area contributed by atoms with Crippen molar-refractivity contribution >= 4 is 33.7 Å². The molecule has 1 aromatic carbocycles. The van der Waals surface area contributed by atoms with Crippen LogP contribution in [0.1, 0.15) is 52.8 Å². The molecule has 3 aliphatic rings. The highest BCUT2D eigenvalue weighted by Gasteiger charge is 2.36. The minimum absolute atomic E-state index is 0.0267. The lowest BCUT2D eigenvalue weighted by atomic mass is 10.1. The van der Waals surface area contributed by atoms with Crippen LogP contribution < -0.4 is 0 Å². The molecule has 6 nitrogen and oxygen atoms in total. The molecule has 4 rings (SSSR count). The number of rotatable bonds is 4. The molecule has 0 aromatic heterocycles. The second-order valence-corrected chi connectivity index (χ2v) is 8.47. The zero-order valence-corrected chi connectivity index (χ0v) is 16.9. The summed E-state index contributed by atoms with van der Waals surface area (Å²) >= 11 is 3.33. The van der Waals surface area contributed by atoms with Crippen molar-refractivity contribution < 1.29 is 14.4 Å². The first-order chi connectivity index (χ1) is 13.0. The normalized spacial score (nSPS) is 21.2. The minimum Gasteiger partial charge on any atom is -0.340 e. The fraction of sp³-hybridized carbons (Fsp3) is 0.550. The number of hydrogen-bond acceptors (Lipinski definition) is 4. The maximum Gasteiger partial charge on any atom is 0.261 e. The quantitative estimate of drug-likeness (QED) is 0.684. The molecule has 7 heteroatoms. The molecule has 1 aromatic rings. The van der Waals surface area contributed by atoms with Crippen LogP contribution in [-0.4, -0.2) is 71.2 Å². The van der Waals surface area contributed by atoms with Crippen LogP contribution in [0.15, 0.2) is 22.7 Å². The summed E-state index contributed by atoms with van der Waals surface area (Å²) in [5.41, 5.74) is 0.827. The van der Waals surface area contributed by atoms with Crippen LogP contribution in [0.4, 0.5) is 0 Å². The lowest BCUT2D eigenvalue weighted by Gasteiger charge is -2.38. The van der Waals surface area contributed by atoms with Crippen molar-refractivity contribution in [2.24, 2.45) is 0 Å². The number of benzene rings is 1. The Hall–Kier alpha value is -1.73. The monoisotopic (exact) mass is 433 g/mol. The number of fused-ring (bicyclic) bond motifs is 1. The van der Waals surface area contributed by atoms with Gasteiger partial charge in [-0.05, 0) is 31.0 Å². The van der Waals surface area contributed by atoms with Crippen LogP contribution in [0.3, 0.4) is 0 Å². The summed E-state index contributed by atoms with van der Waals surface area (Å²) in [7, 11) is 0. The third-order valence-corrected chi connectivity index (χ3v) is 6.48. The highest BCUT2D eigenvalue weighted by atomic mass is 79.9. The zero-order chi connectivity index (χ0) is 19.0. The van der Waals surface area contributed by atoms with Crippen LogP contribution in [0.2, 0.25) is 0 Å². The molecular formula is C20H24BrN3O3. The van der Waals surface area contributed by atoms with E-state index < -0.39 is 0 Å². The van der Waals surface area contributed by atoms with E-state index in [1.807, 2.05) is 4.90 Å². The molecule has 2 aliphatic heterocycles. The SMILES string of the molecule is O=C(CCN1C(=O)c2ccc(Br)cc2C1=O)N1CCN(C2CCCC2)CC1. The van der Waals surface area contributed by atoms with Crippen LogP contribution in [0.25, 0.3) is 0 Å². The molecule has 144 valence electrons. The third-order valence-electron chi connectivity index (χ3n) is 5.99. The summed E-state index contributed by atoms with van der Waals surface area (Å²) in [4.78, 5) is 43.1. The fourth-order valence-electron chi connectivity index (χ4n) is 4.44. The lowest BCUT2D eigenvalue weighted by Crippen LogP contribution is -2.51. The first-order valence-electron chi connectivity index (χ1n) is 9.72. The van der Waals surface area contributed by atoms with E-state index in [-0.39, 0.29) is 30.7 Å². The standard InChI is InChI=1S/C20H24BrN3O3/c21-14-5-6-16-17(13-14)20(27)24(19(16)26)8-7-18(25)23-11-9-22(10-12-23)15-3-1-2-4-15/h5-6,13,15H,1-4,7-12H2. The Morgan fingerprint density at radius 3 is 2.37 bits per heavy atom. The Bertz CT molecular complexity index is 768. The molecule has 1 saturated heterocycles. The molecule has 1 saturated carbocycles. The van der Waals surface area contributed by atoms with Gasteiger partial charge in [-0.25, -0.2) is 0 Å². The number of nitrogens with zero attached hydrogens (tertiary/aromatic N) is 3. The van der Waals surface area contributed by atoms with Crippen LogP contribution in [0, 0.1) is 0 Å². The second-order valence-electron chi connectivity index (χ2n) is 7.56. The summed E-state index contributed by atoms with van der Waals surface area (Å²) in [6, 6.07) is 5.77. The van der Waals surface area contributed by atoms with Crippen LogP contribution in [-0.2, 0) is 4.79 Å². The van der Waals surface area contributed by atoms with E-state index in [1.54, 1.807) is 18.2 Å². The summed E-state index contributed by atoms with van der Waals surface area (Å²) in [5, 5.41) is 0. The smallest absolute Gasteiger partial charge is 0.261 e. The van der Waals surface area contributed by atoms with Crippen molar-refractivity contribution in [3.63, 3.8) is 0 Å². The molecule has 0 N–H and O–H groups in total. The molecule has 27 heavy (non-hydrogen) atoms. The number of amides is 3. The van der Waals surface area contributed by atoms with Gasteiger partial charge in [0.2, 0.25) is 5.91 Å². The third kappa shape index (κ3) is 3.67. The molecule has 0 radical (unpaired) electrons. The first-order valence-corrected chi connectivity index (χ1v) is 10.5. The molecule has 0 unspecified atom stereocenters. The highest BCUT2D eigenvalue weighted by Crippen LogP contribution is 2.27. The van der Waals surface area contributed by atoms with Gasteiger partial charge in [-0.1, -0.05) is 28.8 Å². The maximum atomic E-state index is 12.6. The van der Waals surface area contributed by atoms with E-state index in [2.05, 4.69) is 20.8 Å². The van der Waals surface area contributed by atoms with E-state index in [0.717, 1.165) is 30.7 Å². The Morgan fingerprint density at radius 2 is 1.67 bits per heavy atom. The van der Waals surface area contributed by atoms with Crippen LogP contribution in [0.5, 0.6) is 0 Å². The molecule has 0 spiro atoms. The van der Waals surface area contributed by atoms with Gasteiger partial charge in [0, 0.05) is 49.7 Å². The summed E-state index contributed by atoms with van der Waals surface area (Å²) < 4.78 is 0.764. The van der Waals surface area contributed by atoms with Crippen molar-refractivity contribution in [1.82, 2.24) is 14.7 Å². The van der Waals surface area contributed by atoms with Gasteiger partial charge in [0.25, 0.3) is 11.8 Å². The van der Waals surface area contributed by atoms with Crippen molar-refractivity contribution in [3.05, 3.63) is 33.8 Å². The molecule has 2 fully saturated rings. The predicted octanol–water partition coefficient (Wildman–Crippen LogP) is 2.52. The number of imide groups is 1. The van der Waals surface area contributed by atoms with E-state index in [4.69, 9.17) is 0 Å². The molecule has 0 atom stereocenters. The number of carbonyl (C=O) groups is 3.